The van der Waals surface area contributed by atoms with E-state index in [-0.39, 0.29) is 35.8 Å². The SMILES string of the molecule is Cc1cc2c(cc1C(F)(C(F)(F)F)C(F)(F)F)CCC1C2CCN1C(=O)C1CCCCC1. The first-order valence-corrected chi connectivity index (χ1v) is 11.1. The van der Waals surface area contributed by atoms with Crippen molar-refractivity contribution in [3.63, 3.8) is 0 Å². The summed E-state index contributed by atoms with van der Waals surface area (Å²) >= 11 is 0. The minimum atomic E-state index is -6.13. The Morgan fingerprint density at radius 3 is 2.12 bits per heavy atom. The van der Waals surface area contributed by atoms with Gasteiger partial charge in [-0.05, 0) is 55.7 Å². The van der Waals surface area contributed by atoms with Crippen LogP contribution < -0.4 is 0 Å². The average molecular weight is 465 g/mol. The first kappa shape index (κ1) is 23.4. The molecular formula is C23H26F7NO. The van der Waals surface area contributed by atoms with Gasteiger partial charge in [0, 0.05) is 30.0 Å². The van der Waals surface area contributed by atoms with E-state index in [4.69, 9.17) is 0 Å². The van der Waals surface area contributed by atoms with Gasteiger partial charge in [0.1, 0.15) is 0 Å². The van der Waals surface area contributed by atoms with Crippen molar-refractivity contribution in [2.45, 2.75) is 88.3 Å². The van der Waals surface area contributed by atoms with Crippen LogP contribution in [0.2, 0.25) is 0 Å². The fourth-order valence-corrected chi connectivity index (χ4v) is 5.91. The lowest BCUT2D eigenvalue weighted by atomic mass is 9.76. The van der Waals surface area contributed by atoms with Crippen molar-refractivity contribution >= 4 is 5.91 Å². The first-order valence-electron chi connectivity index (χ1n) is 11.1. The van der Waals surface area contributed by atoms with Crippen LogP contribution in [0.15, 0.2) is 12.1 Å². The zero-order valence-corrected chi connectivity index (χ0v) is 17.8. The largest absolute Gasteiger partial charge is 0.435 e. The Hall–Kier alpha value is -1.80. The maximum atomic E-state index is 14.7. The molecule has 2 unspecified atom stereocenters. The van der Waals surface area contributed by atoms with Gasteiger partial charge < -0.3 is 4.90 Å². The summed E-state index contributed by atoms with van der Waals surface area (Å²) in [5.74, 6) is -0.0329. The highest BCUT2D eigenvalue weighted by Gasteiger charge is 2.74. The van der Waals surface area contributed by atoms with E-state index in [0.717, 1.165) is 45.1 Å². The van der Waals surface area contributed by atoms with Gasteiger partial charge in [-0.25, -0.2) is 4.39 Å². The lowest BCUT2D eigenvalue weighted by Gasteiger charge is -2.37. The molecule has 32 heavy (non-hydrogen) atoms. The monoisotopic (exact) mass is 465 g/mol. The zero-order chi connectivity index (χ0) is 23.5. The van der Waals surface area contributed by atoms with Crippen LogP contribution in [0.4, 0.5) is 30.7 Å². The number of carbonyl (C=O) groups excluding carboxylic acids is 1. The third-order valence-corrected chi connectivity index (χ3v) is 7.53. The molecule has 3 aliphatic rings. The second-order valence-electron chi connectivity index (χ2n) is 9.39. The zero-order valence-electron chi connectivity index (χ0n) is 17.8. The molecule has 1 aliphatic heterocycles. The fraction of sp³-hybridized carbons (Fsp3) is 0.696. The fourth-order valence-electron chi connectivity index (χ4n) is 5.91. The van der Waals surface area contributed by atoms with Crippen LogP contribution in [-0.4, -0.2) is 35.7 Å². The predicted molar refractivity (Wildman–Crippen MR) is 104 cm³/mol. The van der Waals surface area contributed by atoms with E-state index in [0.29, 0.717) is 30.5 Å². The minimum absolute atomic E-state index is 0.00117. The van der Waals surface area contributed by atoms with E-state index in [1.165, 1.54) is 6.07 Å². The number of aryl methyl sites for hydroxylation is 2. The molecular weight excluding hydrogens is 439 g/mol. The van der Waals surface area contributed by atoms with Gasteiger partial charge >= 0.3 is 18.0 Å². The molecule has 4 rings (SSSR count). The number of benzene rings is 1. The predicted octanol–water partition coefficient (Wildman–Crippen LogP) is 6.50. The number of amides is 1. The topological polar surface area (TPSA) is 20.3 Å². The Kier molecular flexibility index (Phi) is 5.77. The van der Waals surface area contributed by atoms with Gasteiger partial charge in [-0.3, -0.25) is 4.79 Å². The summed E-state index contributed by atoms with van der Waals surface area (Å²) < 4.78 is 94.5. The molecule has 0 bridgehead atoms. The van der Waals surface area contributed by atoms with Crippen LogP contribution in [0.1, 0.15) is 73.1 Å². The molecule has 1 aromatic carbocycles. The van der Waals surface area contributed by atoms with Crippen molar-refractivity contribution in [1.29, 1.82) is 0 Å². The third kappa shape index (κ3) is 3.59. The van der Waals surface area contributed by atoms with Crippen molar-refractivity contribution in [2.24, 2.45) is 5.92 Å². The van der Waals surface area contributed by atoms with Gasteiger partial charge in [0.25, 0.3) is 0 Å². The van der Waals surface area contributed by atoms with Crippen LogP contribution in [-0.2, 0) is 16.9 Å². The highest BCUT2D eigenvalue weighted by molar-refractivity contribution is 5.80. The summed E-state index contributed by atoms with van der Waals surface area (Å²) in [6.45, 7) is 1.62. The Morgan fingerprint density at radius 2 is 1.53 bits per heavy atom. The van der Waals surface area contributed by atoms with Crippen molar-refractivity contribution in [1.82, 2.24) is 4.90 Å². The van der Waals surface area contributed by atoms with E-state index in [1.807, 2.05) is 4.90 Å². The van der Waals surface area contributed by atoms with Gasteiger partial charge in [-0.15, -0.1) is 0 Å². The van der Waals surface area contributed by atoms with E-state index in [2.05, 4.69) is 0 Å². The molecule has 0 spiro atoms. The number of nitrogens with zero attached hydrogens (tertiary/aromatic N) is 1. The van der Waals surface area contributed by atoms with Crippen molar-refractivity contribution in [3.05, 3.63) is 34.4 Å². The molecule has 178 valence electrons. The second kappa shape index (κ2) is 7.90. The maximum Gasteiger partial charge on any atom is 0.435 e. The normalized spacial score (nSPS) is 24.9. The molecule has 1 heterocycles. The maximum absolute atomic E-state index is 14.7. The second-order valence-corrected chi connectivity index (χ2v) is 9.39. The Bertz CT molecular complexity index is 872. The molecule has 1 amide bonds. The average Bonchev–Trinajstić information content (AvgIpc) is 3.16. The van der Waals surface area contributed by atoms with Gasteiger partial charge in [0.2, 0.25) is 5.91 Å². The number of rotatable bonds is 2. The molecule has 0 radical (unpaired) electrons. The summed E-state index contributed by atoms with van der Waals surface area (Å²) in [5.41, 5.74) is -6.22. The number of halogens is 7. The molecule has 2 nitrogen and oxygen atoms in total. The third-order valence-electron chi connectivity index (χ3n) is 7.53. The lowest BCUT2D eigenvalue weighted by molar-refractivity contribution is -0.348. The molecule has 2 aliphatic carbocycles. The van der Waals surface area contributed by atoms with Crippen molar-refractivity contribution in [3.8, 4) is 0 Å². The van der Waals surface area contributed by atoms with Crippen LogP contribution >= 0.6 is 0 Å². The van der Waals surface area contributed by atoms with Crippen LogP contribution in [0.5, 0.6) is 0 Å². The molecule has 0 N–H and O–H groups in total. The number of fused-ring (bicyclic) bond motifs is 3. The number of likely N-dealkylation sites (tertiary alicyclic amines) is 1. The lowest BCUT2D eigenvalue weighted by Crippen LogP contribution is -2.51. The molecule has 1 aromatic rings. The van der Waals surface area contributed by atoms with Gasteiger partial charge in [0.05, 0.1) is 0 Å². The minimum Gasteiger partial charge on any atom is -0.339 e. The molecule has 1 saturated heterocycles. The summed E-state index contributed by atoms with van der Waals surface area (Å²) in [5, 5.41) is 0. The van der Waals surface area contributed by atoms with Gasteiger partial charge in [-0.1, -0.05) is 31.4 Å². The van der Waals surface area contributed by atoms with Crippen molar-refractivity contribution in [2.75, 3.05) is 6.54 Å². The smallest absolute Gasteiger partial charge is 0.339 e. The Balaban J connectivity index is 1.66. The molecule has 9 heteroatoms. The highest BCUT2D eigenvalue weighted by Crippen LogP contribution is 2.55. The molecule has 2 atom stereocenters. The van der Waals surface area contributed by atoms with Crippen LogP contribution in [0, 0.1) is 12.8 Å². The number of hydrogen-bond donors (Lipinski definition) is 0. The standard InChI is InChI=1S/C23H26F7NO/c1-13-11-17-15(12-18(13)21(24,22(25,26)27)23(28,29)30)7-8-19-16(17)9-10-31(19)20(32)14-5-3-2-4-6-14/h11-12,14,16,19H,2-10H2,1H3. The summed E-state index contributed by atoms with van der Waals surface area (Å²) in [7, 11) is 0. The number of carbonyl (C=O) groups is 1. The van der Waals surface area contributed by atoms with E-state index in [9.17, 15) is 35.5 Å². The van der Waals surface area contributed by atoms with Gasteiger partial charge in [0.15, 0.2) is 0 Å². The van der Waals surface area contributed by atoms with E-state index < -0.39 is 23.6 Å². The Morgan fingerprint density at radius 1 is 0.906 bits per heavy atom. The van der Waals surface area contributed by atoms with E-state index >= 15 is 0 Å². The molecule has 2 fully saturated rings. The van der Waals surface area contributed by atoms with Crippen LogP contribution in [0.3, 0.4) is 0 Å². The number of alkyl halides is 7. The quantitative estimate of drug-likeness (QED) is 0.457. The molecule has 1 saturated carbocycles. The highest BCUT2D eigenvalue weighted by atomic mass is 19.4. The van der Waals surface area contributed by atoms with Crippen molar-refractivity contribution < 1.29 is 35.5 Å². The summed E-state index contributed by atoms with van der Waals surface area (Å²) in [6.07, 6.45) is -6.10. The summed E-state index contributed by atoms with van der Waals surface area (Å²) in [6, 6.07) is 1.93. The van der Waals surface area contributed by atoms with Gasteiger partial charge in [-0.2, -0.15) is 26.3 Å². The molecule has 0 aromatic heterocycles. The van der Waals surface area contributed by atoms with Crippen LogP contribution in [0.25, 0.3) is 0 Å². The van der Waals surface area contributed by atoms with E-state index in [1.54, 1.807) is 0 Å². The first-order chi connectivity index (χ1) is 14.9. The number of hydrogen-bond acceptors (Lipinski definition) is 1. The Labute approximate surface area is 182 Å². The summed E-state index contributed by atoms with van der Waals surface area (Å²) in [4.78, 5) is 14.9.